The minimum Gasteiger partial charge on any atom is -0.497 e. The highest BCUT2D eigenvalue weighted by Crippen LogP contribution is 2.36. The van der Waals surface area contributed by atoms with E-state index in [2.05, 4.69) is 0 Å². The molecule has 104 valence electrons. The van der Waals surface area contributed by atoms with Crippen LogP contribution in [0.1, 0.15) is 29.3 Å². The highest BCUT2D eigenvalue weighted by molar-refractivity contribution is 5.28. The summed E-state index contributed by atoms with van der Waals surface area (Å²) < 4.78 is 10.9. The van der Waals surface area contributed by atoms with Crippen molar-refractivity contribution in [1.82, 2.24) is 0 Å². The summed E-state index contributed by atoms with van der Waals surface area (Å²) in [5.41, 5.74) is 3.02. The van der Waals surface area contributed by atoms with Crippen molar-refractivity contribution in [1.29, 1.82) is 0 Å². The molecule has 0 unspecified atom stereocenters. The summed E-state index contributed by atoms with van der Waals surface area (Å²) in [5.74, 6) is 0.794. The molecule has 20 heavy (non-hydrogen) atoms. The molecule has 0 bridgehead atoms. The summed E-state index contributed by atoms with van der Waals surface area (Å²) in [6.07, 6.45) is -1.02. The molecule has 0 N–H and O–H groups in total. The number of aryl methyl sites for hydroxylation is 1. The Morgan fingerprint density at radius 2 is 1.30 bits per heavy atom. The van der Waals surface area contributed by atoms with E-state index in [4.69, 9.17) is 19.2 Å². The van der Waals surface area contributed by atoms with E-state index >= 15 is 0 Å². The van der Waals surface area contributed by atoms with Gasteiger partial charge in [-0.15, -0.1) is 0 Å². The van der Waals surface area contributed by atoms with Crippen molar-refractivity contribution in [2.45, 2.75) is 19.5 Å². The molecule has 0 aliphatic carbocycles. The van der Waals surface area contributed by atoms with Crippen LogP contribution in [0, 0.1) is 6.92 Å². The van der Waals surface area contributed by atoms with Gasteiger partial charge in [-0.3, -0.25) is 0 Å². The van der Waals surface area contributed by atoms with Crippen molar-refractivity contribution >= 4 is 0 Å². The molecular formula is C16H16O4. The highest BCUT2D eigenvalue weighted by atomic mass is 17.3. The van der Waals surface area contributed by atoms with Crippen molar-refractivity contribution in [3.05, 3.63) is 65.2 Å². The third-order valence-electron chi connectivity index (χ3n) is 3.22. The van der Waals surface area contributed by atoms with Gasteiger partial charge in [-0.25, -0.2) is 0 Å². The molecule has 1 aliphatic rings. The standard InChI is InChI=1S/C16H16O4/c1-11-3-5-12(6-4-11)15-18-16(20-19-15)13-7-9-14(17-2)10-8-13/h3-10,15-16H,1-2H3/t15-,16-/m0/s1. The Hall–Kier alpha value is -1.88. The van der Waals surface area contributed by atoms with Gasteiger partial charge in [0.05, 0.1) is 7.11 Å². The number of methoxy groups -OCH3 is 1. The van der Waals surface area contributed by atoms with Gasteiger partial charge in [0.1, 0.15) is 5.75 Å². The minimum absolute atomic E-state index is 0.497. The largest absolute Gasteiger partial charge is 0.497 e. The van der Waals surface area contributed by atoms with E-state index in [-0.39, 0.29) is 0 Å². The maximum Gasteiger partial charge on any atom is 0.220 e. The second-order valence-corrected chi connectivity index (χ2v) is 4.68. The lowest BCUT2D eigenvalue weighted by Gasteiger charge is -2.09. The monoisotopic (exact) mass is 272 g/mol. The van der Waals surface area contributed by atoms with Crippen molar-refractivity contribution in [2.24, 2.45) is 0 Å². The molecule has 1 aliphatic heterocycles. The fourth-order valence-electron chi connectivity index (χ4n) is 2.01. The second kappa shape index (κ2) is 5.63. The number of hydrogen-bond acceptors (Lipinski definition) is 4. The van der Waals surface area contributed by atoms with E-state index in [1.54, 1.807) is 7.11 Å². The van der Waals surface area contributed by atoms with Gasteiger partial charge in [0.2, 0.25) is 12.6 Å². The number of hydrogen-bond donors (Lipinski definition) is 0. The molecule has 1 saturated heterocycles. The molecule has 1 fully saturated rings. The predicted octanol–water partition coefficient (Wildman–Crippen LogP) is 3.68. The van der Waals surface area contributed by atoms with Crippen LogP contribution in [0.25, 0.3) is 0 Å². The summed E-state index contributed by atoms with van der Waals surface area (Å²) in [6, 6.07) is 15.5. The third-order valence-corrected chi connectivity index (χ3v) is 3.22. The van der Waals surface area contributed by atoms with Gasteiger partial charge in [-0.05, 0) is 19.1 Å². The lowest BCUT2D eigenvalue weighted by Crippen LogP contribution is -2.00. The van der Waals surface area contributed by atoms with E-state index in [1.165, 1.54) is 5.56 Å². The Balaban J connectivity index is 1.71. The molecule has 0 radical (unpaired) electrons. The number of ether oxygens (including phenoxy) is 2. The maximum atomic E-state index is 5.76. The lowest BCUT2D eigenvalue weighted by atomic mass is 10.1. The van der Waals surface area contributed by atoms with Crippen LogP contribution in [0.2, 0.25) is 0 Å². The normalized spacial score (nSPS) is 21.9. The quantitative estimate of drug-likeness (QED) is 0.799. The average molecular weight is 272 g/mol. The Kier molecular flexibility index (Phi) is 3.69. The Morgan fingerprint density at radius 1 is 0.800 bits per heavy atom. The van der Waals surface area contributed by atoms with Gasteiger partial charge in [-0.1, -0.05) is 42.0 Å². The number of benzene rings is 2. The predicted molar refractivity (Wildman–Crippen MR) is 72.9 cm³/mol. The van der Waals surface area contributed by atoms with Crippen molar-refractivity contribution in [3.63, 3.8) is 0 Å². The molecule has 1 heterocycles. The first kappa shape index (κ1) is 13.1. The van der Waals surface area contributed by atoms with E-state index in [0.29, 0.717) is 0 Å². The first-order chi connectivity index (χ1) is 9.76. The molecule has 0 spiro atoms. The molecule has 0 amide bonds. The molecule has 0 saturated carbocycles. The van der Waals surface area contributed by atoms with Crippen LogP contribution >= 0.6 is 0 Å². The van der Waals surface area contributed by atoms with Crippen LogP contribution in [0.15, 0.2) is 48.5 Å². The zero-order chi connectivity index (χ0) is 13.9. The molecule has 0 aromatic heterocycles. The molecular weight excluding hydrogens is 256 g/mol. The fraction of sp³-hybridized carbons (Fsp3) is 0.250. The van der Waals surface area contributed by atoms with Crippen LogP contribution in [0.3, 0.4) is 0 Å². The van der Waals surface area contributed by atoms with Gasteiger partial charge in [0, 0.05) is 11.1 Å². The molecule has 4 nitrogen and oxygen atoms in total. The number of rotatable bonds is 3. The lowest BCUT2D eigenvalue weighted by molar-refractivity contribution is -0.300. The maximum absolute atomic E-state index is 5.76. The molecule has 3 rings (SSSR count). The molecule has 2 aromatic carbocycles. The Bertz CT molecular complexity index is 562. The van der Waals surface area contributed by atoms with Crippen molar-refractivity contribution < 1.29 is 19.2 Å². The zero-order valence-corrected chi connectivity index (χ0v) is 11.4. The van der Waals surface area contributed by atoms with Crippen LogP contribution in [0.4, 0.5) is 0 Å². The summed E-state index contributed by atoms with van der Waals surface area (Å²) in [5, 5.41) is 0. The van der Waals surface area contributed by atoms with Gasteiger partial charge >= 0.3 is 0 Å². The van der Waals surface area contributed by atoms with Gasteiger partial charge in [0.25, 0.3) is 0 Å². The zero-order valence-electron chi connectivity index (χ0n) is 11.4. The van der Waals surface area contributed by atoms with Gasteiger partial charge in [0.15, 0.2) is 0 Å². The van der Waals surface area contributed by atoms with Crippen LogP contribution < -0.4 is 4.74 Å². The molecule has 2 atom stereocenters. The average Bonchev–Trinajstić information content (AvgIpc) is 2.98. The Labute approximate surface area is 117 Å². The fourth-order valence-corrected chi connectivity index (χ4v) is 2.01. The van der Waals surface area contributed by atoms with Gasteiger partial charge < -0.3 is 9.47 Å². The van der Waals surface area contributed by atoms with Crippen molar-refractivity contribution in [3.8, 4) is 5.75 Å². The van der Waals surface area contributed by atoms with Gasteiger partial charge in [-0.2, -0.15) is 9.78 Å². The summed E-state index contributed by atoms with van der Waals surface area (Å²) in [7, 11) is 1.63. The minimum atomic E-state index is -0.521. The first-order valence-electron chi connectivity index (χ1n) is 6.44. The Morgan fingerprint density at radius 3 is 1.80 bits per heavy atom. The van der Waals surface area contributed by atoms with E-state index < -0.39 is 12.6 Å². The SMILES string of the molecule is COc1ccc([C@@H]2OO[C@@H](c3ccc(C)cc3)O2)cc1. The second-order valence-electron chi connectivity index (χ2n) is 4.68. The third kappa shape index (κ3) is 2.67. The topological polar surface area (TPSA) is 36.9 Å². The first-order valence-corrected chi connectivity index (χ1v) is 6.44. The van der Waals surface area contributed by atoms with Crippen LogP contribution in [0.5, 0.6) is 5.75 Å². The summed E-state index contributed by atoms with van der Waals surface area (Å²) in [4.78, 5) is 10.5. The highest BCUT2D eigenvalue weighted by Gasteiger charge is 2.30. The van der Waals surface area contributed by atoms with E-state index in [9.17, 15) is 0 Å². The van der Waals surface area contributed by atoms with E-state index in [0.717, 1.165) is 16.9 Å². The summed E-state index contributed by atoms with van der Waals surface area (Å²) >= 11 is 0. The summed E-state index contributed by atoms with van der Waals surface area (Å²) in [6.45, 7) is 2.04. The molecule has 2 aromatic rings. The van der Waals surface area contributed by atoms with E-state index in [1.807, 2.05) is 55.5 Å². The smallest absolute Gasteiger partial charge is 0.220 e. The van der Waals surface area contributed by atoms with Crippen LogP contribution in [-0.2, 0) is 14.5 Å². The molecule has 4 heteroatoms. The van der Waals surface area contributed by atoms with Crippen LogP contribution in [-0.4, -0.2) is 7.11 Å². The van der Waals surface area contributed by atoms with Crippen molar-refractivity contribution in [2.75, 3.05) is 7.11 Å².